The molecule has 0 bridgehead atoms. The number of rotatable bonds is 15. The van der Waals surface area contributed by atoms with E-state index in [2.05, 4.69) is 40.0 Å². The molecule has 0 spiro atoms. The van der Waals surface area contributed by atoms with Crippen molar-refractivity contribution in [3.63, 3.8) is 0 Å². The van der Waals surface area contributed by atoms with Crippen molar-refractivity contribution in [1.29, 1.82) is 0 Å². The van der Waals surface area contributed by atoms with Gasteiger partial charge in [0.1, 0.15) is 12.9 Å². The highest BCUT2D eigenvalue weighted by Gasteiger charge is 2.72. The van der Waals surface area contributed by atoms with E-state index in [-0.39, 0.29) is 77.6 Å². The Morgan fingerprint density at radius 2 is 1.27 bits per heavy atom. The number of aliphatic hydroxyl groups excluding tert-OH is 2. The predicted octanol–water partition coefficient (Wildman–Crippen LogP) is 19.1. The molecule has 0 radical (unpaired) electrons. The molecule has 6 aliphatic carbocycles. The highest BCUT2D eigenvalue weighted by molar-refractivity contribution is 7.78. The summed E-state index contributed by atoms with van der Waals surface area (Å²) in [5.41, 5.74) is -3.51. The third-order valence-electron chi connectivity index (χ3n) is 20.2. The van der Waals surface area contributed by atoms with Crippen LogP contribution in [0.4, 0.5) is 52.7 Å². The minimum absolute atomic E-state index is 0.000145. The molecule has 20 heteroatoms. The lowest BCUT2D eigenvalue weighted by Gasteiger charge is -2.44. The van der Waals surface area contributed by atoms with Crippen molar-refractivity contribution in [3.8, 4) is 0 Å². The minimum Gasteiger partial charge on any atom is -0.394 e. The summed E-state index contributed by atoms with van der Waals surface area (Å²) < 4.78 is 178. The standard InChI is InChI=1S/C27H36F6O3.C23H27OP.C21H30F6O2Si/c1-16(6-4-13-25(36,26(28,29)30)27(31,32)33)21-10-11-22-18(7-5-12-24(21,22)3)8-9-19-14-20(34)15-23(35)17(19)2;1-18-16-19(2)20(3)21(17-18)14-15-25(24,22-10-6-4-7-11-22)23-12-8-5-9-13-23;1-14(15-10-11-16-17(28)9-7-12-18(15,16)2)8-6-13-19(20(22,23)24,21(25,26)27)29-30(3,4)5/h4,8-9,13,16,20-23,34-36H,2,5-7,10-12,14-15H2,1,3H3;4-14,18-19H,3,15-17H2,1-2H3;6,10,13-14,16H,7-9,11-12H2,1-5H3/b13-4+,18-8+,19-9-;21-14-;13-6+/t16-,20?,21?,22?,23?,24-;18-,19+;14-,16?,18-/m111/s1. The van der Waals surface area contributed by atoms with Gasteiger partial charge in [-0.15, -0.1) is 0 Å². The normalized spacial score (nSPS) is 29.4. The second kappa shape index (κ2) is 29.2. The molecule has 91 heavy (non-hydrogen) atoms. The summed E-state index contributed by atoms with van der Waals surface area (Å²) in [7, 11) is -5.87. The third-order valence-corrected chi connectivity index (χ3v) is 24.1. The van der Waals surface area contributed by atoms with Gasteiger partial charge in [0.2, 0.25) is 0 Å². The average Bonchev–Trinajstić information content (AvgIpc) is 1.77. The van der Waals surface area contributed by atoms with E-state index in [0.717, 1.165) is 85.3 Å². The second-order valence-electron chi connectivity index (χ2n) is 28.0. The maximum atomic E-state index is 14.1. The monoisotopic (exact) mass is 1330 g/mol. The molecule has 2 aromatic rings. The minimum atomic E-state index is -5.86. The van der Waals surface area contributed by atoms with Gasteiger partial charge < -0.3 is 24.3 Å². The Labute approximate surface area is 531 Å². The first kappa shape index (κ1) is 75.5. The molecule has 0 amide bonds. The zero-order valence-corrected chi connectivity index (χ0v) is 55.8. The summed E-state index contributed by atoms with van der Waals surface area (Å²) in [6, 6.07) is 19.8. The summed E-state index contributed by atoms with van der Waals surface area (Å²) in [6.45, 7) is 24.4. The van der Waals surface area contributed by atoms with Gasteiger partial charge in [0.25, 0.3) is 11.2 Å². The molecule has 3 N–H and O–H groups in total. The van der Waals surface area contributed by atoms with Crippen LogP contribution < -0.4 is 10.6 Å². The van der Waals surface area contributed by atoms with E-state index in [4.69, 9.17) is 4.43 Å². The summed E-state index contributed by atoms with van der Waals surface area (Å²) in [5.74, 6) is 1.16. The summed E-state index contributed by atoms with van der Waals surface area (Å²) in [6.07, 6.45) is -3.89. The Hall–Kier alpha value is -4.52. The molecule has 0 saturated heterocycles. The smallest absolute Gasteiger partial charge is 0.394 e. The average molecular weight is 1330 g/mol. The fourth-order valence-electron chi connectivity index (χ4n) is 15.3. The fourth-order valence-corrected chi connectivity index (χ4v) is 19.1. The molecule has 506 valence electrons. The van der Waals surface area contributed by atoms with Crippen LogP contribution >= 0.6 is 7.14 Å². The van der Waals surface area contributed by atoms with Crippen molar-refractivity contribution in [1.82, 2.24) is 0 Å². The summed E-state index contributed by atoms with van der Waals surface area (Å²) in [5, 5.41) is 31.3. The van der Waals surface area contributed by atoms with Crippen molar-refractivity contribution in [2.24, 2.45) is 52.3 Å². The van der Waals surface area contributed by atoms with E-state index in [1.807, 2.05) is 92.7 Å². The summed E-state index contributed by atoms with van der Waals surface area (Å²) >= 11 is 0. The van der Waals surface area contributed by atoms with Gasteiger partial charge in [-0.3, -0.25) is 4.79 Å². The van der Waals surface area contributed by atoms with Gasteiger partial charge in [-0.2, -0.15) is 52.7 Å². The van der Waals surface area contributed by atoms with Crippen LogP contribution in [0.2, 0.25) is 19.6 Å². The number of ketones is 1. The molecule has 6 nitrogen and oxygen atoms in total. The van der Waals surface area contributed by atoms with Crippen LogP contribution in [0.25, 0.3) is 0 Å². The molecule has 2 aromatic carbocycles. The number of carbonyl (C=O) groups is 1. The Kier molecular flexibility index (Phi) is 24.2. The number of Topliss-reactive ketones (excluding diaryl/α,β-unsaturated/α-hetero) is 1. The molecular weight excluding hydrogens is 1240 g/mol. The van der Waals surface area contributed by atoms with Crippen LogP contribution in [0.1, 0.15) is 138 Å². The Morgan fingerprint density at radius 1 is 0.714 bits per heavy atom. The fraction of sp³-hybridized carbons (Fsp3) is 0.592. The van der Waals surface area contributed by atoms with Gasteiger partial charge in [-0.1, -0.05) is 163 Å². The highest BCUT2D eigenvalue weighted by atomic mass is 31.2. The number of halogens is 12. The van der Waals surface area contributed by atoms with Gasteiger partial charge >= 0.3 is 24.7 Å². The van der Waals surface area contributed by atoms with Crippen LogP contribution in [0.5, 0.6) is 0 Å². The van der Waals surface area contributed by atoms with Gasteiger partial charge in [-0.25, -0.2) is 0 Å². The molecular formula is C71H93F12O6PSi. The van der Waals surface area contributed by atoms with Crippen LogP contribution in [0, 0.1) is 52.3 Å². The lowest BCUT2D eigenvalue weighted by molar-refractivity contribution is -0.347. The number of allylic oxidation sites excluding steroid dienone is 10. The van der Waals surface area contributed by atoms with Crippen LogP contribution in [-0.4, -0.2) is 83.7 Å². The van der Waals surface area contributed by atoms with E-state index < -0.39 is 63.6 Å². The lowest BCUT2D eigenvalue weighted by Crippen LogP contribution is -2.61. The molecule has 5 unspecified atom stereocenters. The van der Waals surface area contributed by atoms with Gasteiger partial charge in [0.15, 0.2) is 8.32 Å². The van der Waals surface area contributed by atoms with Crippen LogP contribution in [0.15, 0.2) is 156 Å². The number of carbonyl (C=O) groups excluding carboxylic acids is 1. The van der Waals surface area contributed by atoms with Crippen LogP contribution in [0.3, 0.4) is 0 Å². The Balaban J connectivity index is 0.000000221. The predicted molar refractivity (Wildman–Crippen MR) is 339 cm³/mol. The Bertz CT molecular complexity index is 3020. The largest absolute Gasteiger partial charge is 0.429 e. The first-order valence-corrected chi connectivity index (χ1v) is 37.1. The maximum Gasteiger partial charge on any atom is 0.429 e. The quantitative estimate of drug-likeness (QED) is 0.0710. The number of aliphatic hydroxyl groups is 3. The summed E-state index contributed by atoms with van der Waals surface area (Å²) in [4.78, 5) is 12.2. The SMILES string of the molecule is C=C1/C(=C\C=C2/CCC[C@@]3(C)C2CCC3[C@H](C)C/C=C/C(O)(C(F)(F)F)C(F)(F)F)CC(O)CC1O.C=C1/C(=C\CP(=O)(c2ccccc2)c2ccccc2)C[C@H](C)C[C@@H]1C.C[C@H](C/C=C/C(O[Si](C)(C)C)(C(F)(F)F)C(F)(F)F)C1=CCC2C(=O)CCC[C@]12C. The molecule has 0 aromatic heterocycles. The molecule has 6 aliphatic rings. The van der Waals surface area contributed by atoms with Gasteiger partial charge in [-0.05, 0) is 184 Å². The lowest BCUT2D eigenvalue weighted by atomic mass is 9.61. The second-order valence-corrected chi connectivity index (χ2v) is 35.3. The van der Waals surface area contributed by atoms with Crippen molar-refractivity contribution < 1.29 is 81.8 Å². The van der Waals surface area contributed by atoms with Gasteiger partial charge in [0, 0.05) is 35.5 Å². The molecule has 11 atom stereocenters. The number of alkyl halides is 12. The number of benzene rings is 2. The molecule has 5 fully saturated rings. The van der Waals surface area contributed by atoms with Crippen molar-refractivity contribution in [2.75, 3.05) is 6.16 Å². The van der Waals surface area contributed by atoms with E-state index in [9.17, 15) is 77.4 Å². The topological polar surface area (TPSA) is 104 Å². The van der Waals surface area contributed by atoms with Crippen LogP contribution in [-0.2, 0) is 13.8 Å². The van der Waals surface area contributed by atoms with E-state index in [1.54, 1.807) is 6.92 Å². The zero-order chi connectivity index (χ0) is 68.1. The molecule has 5 saturated carbocycles. The van der Waals surface area contributed by atoms with E-state index in [0.29, 0.717) is 42.8 Å². The maximum absolute atomic E-state index is 14.1. The Morgan fingerprint density at radius 3 is 1.82 bits per heavy atom. The number of hydrogen-bond donors (Lipinski definition) is 3. The third kappa shape index (κ3) is 17.1. The molecule has 8 rings (SSSR count). The van der Waals surface area contributed by atoms with Crippen molar-refractivity contribution >= 4 is 31.9 Å². The van der Waals surface area contributed by atoms with Crippen molar-refractivity contribution in [3.05, 3.63) is 156 Å². The van der Waals surface area contributed by atoms with Gasteiger partial charge in [0.05, 0.1) is 12.2 Å². The number of fused-ring (bicyclic) bond motifs is 2. The number of hydrogen-bond acceptors (Lipinski definition) is 6. The first-order chi connectivity index (χ1) is 42.0. The van der Waals surface area contributed by atoms with Crippen molar-refractivity contribution in [2.45, 2.75) is 206 Å². The molecule has 0 aliphatic heterocycles. The first-order valence-electron chi connectivity index (χ1n) is 31.8. The molecule has 0 heterocycles. The van der Waals surface area contributed by atoms with E-state index in [1.165, 1.54) is 42.8 Å². The highest BCUT2D eigenvalue weighted by Crippen LogP contribution is 2.60. The zero-order valence-electron chi connectivity index (χ0n) is 53.9. The van der Waals surface area contributed by atoms with E-state index >= 15 is 0 Å².